The number of rotatable bonds is 6. The molecule has 0 aromatic heterocycles. The van der Waals surface area contributed by atoms with Gasteiger partial charge in [0.1, 0.15) is 5.60 Å². The van der Waals surface area contributed by atoms with Gasteiger partial charge in [-0.15, -0.1) is 0 Å². The third kappa shape index (κ3) is 8.02. The predicted octanol–water partition coefficient (Wildman–Crippen LogP) is 4.05. The van der Waals surface area contributed by atoms with Crippen molar-refractivity contribution >= 4 is 6.09 Å². The molecule has 0 aliphatic carbocycles. The molecule has 1 rings (SSSR count). The number of hydrogen-bond donors (Lipinski definition) is 1. The predicted molar refractivity (Wildman–Crippen MR) is 92.1 cm³/mol. The van der Waals surface area contributed by atoms with Gasteiger partial charge in [-0.05, 0) is 71.8 Å². The van der Waals surface area contributed by atoms with Crippen LogP contribution in [0.25, 0.3) is 0 Å². The molecule has 2 unspecified atom stereocenters. The molecule has 0 spiro atoms. The monoisotopic (exact) mass is 312 g/mol. The molecule has 0 aromatic carbocycles. The lowest BCUT2D eigenvalue weighted by molar-refractivity contribution is 0.0161. The van der Waals surface area contributed by atoms with Gasteiger partial charge in [-0.2, -0.15) is 0 Å². The van der Waals surface area contributed by atoms with Crippen molar-refractivity contribution in [2.45, 2.75) is 78.9 Å². The Kier molecular flexibility index (Phi) is 7.67. The van der Waals surface area contributed by atoms with Gasteiger partial charge in [0, 0.05) is 19.1 Å². The van der Waals surface area contributed by atoms with Crippen LogP contribution in [0.4, 0.5) is 4.79 Å². The maximum Gasteiger partial charge on any atom is 0.410 e. The Balaban J connectivity index is 2.30. The number of nitrogens with zero attached hydrogens (tertiary/aromatic N) is 1. The molecule has 1 N–H and O–H groups in total. The number of amides is 1. The SMILES string of the molecule is CC(C)CC(C)NCCC1CCCN(C(=O)OC(C)(C)C)C1. The number of carbonyl (C=O) groups excluding carboxylic acids is 1. The second-order valence-corrected chi connectivity index (χ2v) is 8.21. The van der Waals surface area contributed by atoms with E-state index >= 15 is 0 Å². The van der Waals surface area contributed by atoms with E-state index in [-0.39, 0.29) is 6.09 Å². The lowest BCUT2D eigenvalue weighted by Crippen LogP contribution is -2.43. The number of piperidine rings is 1. The normalized spacial score (nSPS) is 21.0. The fourth-order valence-electron chi connectivity index (χ4n) is 3.12. The summed E-state index contributed by atoms with van der Waals surface area (Å²) in [6.45, 7) is 15.3. The highest BCUT2D eigenvalue weighted by Crippen LogP contribution is 2.21. The Morgan fingerprint density at radius 3 is 2.59 bits per heavy atom. The summed E-state index contributed by atoms with van der Waals surface area (Å²) in [6.07, 6.45) is 4.51. The van der Waals surface area contributed by atoms with Crippen LogP contribution in [0.15, 0.2) is 0 Å². The number of carbonyl (C=O) groups is 1. The molecular formula is C18H36N2O2. The van der Waals surface area contributed by atoms with Crippen molar-refractivity contribution < 1.29 is 9.53 Å². The highest BCUT2D eigenvalue weighted by molar-refractivity contribution is 5.68. The van der Waals surface area contributed by atoms with Crippen LogP contribution in [-0.4, -0.2) is 42.3 Å². The van der Waals surface area contributed by atoms with Gasteiger partial charge in [-0.1, -0.05) is 13.8 Å². The summed E-state index contributed by atoms with van der Waals surface area (Å²) in [6, 6.07) is 0.575. The fraction of sp³-hybridized carbons (Fsp3) is 0.944. The average Bonchev–Trinajstić information content (AvgIpc) is 2.36. The van der Waals surface area contributed by atoms with Gasteiger partial charge in [0.15, 0.2) is 0 Å². The number of likely N-dealkylation sites (tertiary alicyclic amines) is 1. The molecule has 1 heterocycles. The molecule has 2 atom stereocenters. The van der Waals surface area contributed by atoms with Crippen molar-refractivity contribution in [3.63, 3.8) is 0 Å². The van der Waals surface area contributed by atoms with Crippen molar-refractivity contribution in [3.05, 3.63) is 0 Å². The molecule has 4 nitrogen and oxygen atoms in total. The maximum atomic E-state index is 12.2. The van der Waals surface area contributed by atoms with Gasteiger partial charge >= 0.3 is 6.09 Å². The van der Waals surface area contributed by atoms with E-state index in [9.17, 15) is 4.79 Å². The minimum atomic E-state index is -0.405. The molecule has 0 bridgehead atoms. The fourth-order valence-corrected chi connectivity index (χ4v) is 3.12. The lowest BCUT2D eigenvalue weighted by Gasteiger charge is -2.34. The van der Waals surface area contributed by atoms with Crippen LogP contribution in [0.2, 0.25) is 0 Å². The zero-order chi connectivity index (χ0) is 16.8. The Bertz CT molecular complexity index is 336. The summed E-state index contributed by atoms with van der Waals surface area (Å²) in [5.41, 5.74) is -0.405. The van der Waals surface area contributed by atoms with Gasteiger partial charge in [0.05, 0.1) is 0 Å². The highest BCUT2D eigenvalue weighted by atomic mass is 16.6. The first-order valence-electron chi connectivity index (χ1n) is 8.88. The quantitative estimate of drug-likeness (QED) is 0.804. The van der Waals surface area contributed by atoms with E-state index in [1.54, 1.807) is 0 Å². The Labute approximate surface area is 137 Å². The molecule has 130 valence electrons. The molecule has 4 heteroatoms. The largest absolute Gasteiger partial charge is 0.444 e. The first kappa shape index (κ1) is 19.3. The minimum absolute atomic E-state index is 0.154. The zero-order valence-corrected chi connectivity index (χ0v) is 15.4. The van der Waals surface area contributed by atoms with E-state index in [2.05, 4.69) is 26.1 Å². The van der Waals surface area contributed by atoms with Crippen LogP contribution in [0.1, 0.15) is 67.2 Å². The molecule has 1 saturated heterocycles. The van der Waals surface area contributed by atoms with E-state index in [1.807, 2.05) is 25.7 Å². The van der Waals surface area contributed by atoms with E-state index in [0.717, 1.165) is 38.4 Å². The van der Waals surface area contributed by atoms with Crippen LogP contribution in [0.3, 0.4) is 0 Å². The van der Waals surface area contributed by atoms with Crippen LogP contribution in [-0.2, 0) is 4.74 Å². The third-order valence-corrected chi connectivity index (χ3v) is 4.04. The second-order valence-electron chi connectivity index (χ2n) is 8.21. The first-order valence-corrected chi connectivity index (χ1v) is 8.88. The Morgan fingerprint density at radius 2 is 2.00 bits per heavy atom. The Hall–Kier alpha value is -0.770. The molecule has 22 heavy (non-hydrogen) atoms. The molecule has 0 radical (unpaired) electrons. The number of nitrogens with one attached hydrogen (secondary N) is 1. The molecular weight excluding hydrogens is 276 g/mol. The van der Waals surface area contributed by atoms with Gasteiger partial charge in [-0.3, -0.25) is 0 Å². The standard InChI is InChI=1S/C18H36N2O2/c1-14(2)12-15(3)19-10-9-16-8-7-11-20(13-16)17(21)22-18(4,5)6/h14-16,19H,7-13H2,1-6H3. The first-order chi connectivity index (χ1) is 10.2. The molecule has 1 fully saturated rings. The highest BCUT2D eigenvalue weighted by Gasteiger charge is 2.27. The topological polar surface area (TPSA) is 41.6 Å². The summed E-state index contributed by atoms with van der Waals surface area (Å²) < 4.78 is 5.48. The third-order valence-electron chi connectivity index (χ3n) is 4.04. The van der Waals surface area contributed by atoms with E-state index in [0.29, 0.717) is 12.0 Å². The van der Waals surface area contributed by atoms with Gasteiger partial charge in [0.25, 0.3) is 0 Å². The van der Waals surface area contributed by atoms with Crippen LogP contribution < -0.4 is 5.32 Å². The van der Waals surface area contributed by atoms with Crippen molar-refractivity contribution in [1.82, 2.24) is 10.2 Å². The van der Waals surface area contributed by atoms with Crippen molar-refractivity contribution in [2.75, 3.05) is 19.6 Å². The van der Waals surface area contributed by atoms with E-state index < -0.39 is 5.60 Å². The molecule has 0 aromatic rings. The Morgan fingerprint density at radius 1 is 1.32 bits per heavy atom. The lowest BCUT2D eigenvalue weighted by atomic mass is 9.95. The number of ether oxygens (including phenoxy) is 1. The minimum Gasteiger partial charge on any atom is -0.444 e. The maximum absolute atomic E-state index is 12.2. The van der Waals surface area contributed by atoms with Crippen LogP contribution >= 0.6 is 0 Å². The van der Waals surface area contributed by atoms with Crippen molar-refractivity contribution in [2.24, 2.45) is 11.8 Å². The van der Waals surface area contributed by atoms with Gasteiger partial charge in [0.2, 0.25) is 0 Å². The van der Waals surface area contributed by atoms with Crippen molar-refractivity contribution in [3.8, 4) is 0 Å². The average molecular weight is 312 g/mol. The molecule has 1 aliphatic heterocycles. The van der Waals surface area contributed by atoms with E-state index in [1.165, 1.54) is 12.8 Å². The smallest absolute Gasteiger partial charge is 0.410 e. The van der Waals surface area contributed by atoms with Crippen LogP contribution in [0, 0.1) is 11.8 Å². The number of hydrogen-bond acceptors (Lipinski definition) is 3. The zero-order valence-electron chi connectivity index (χ0n) is 15.4. The summed E-state index contributed by atoms with van der Waals surface area (Å²) in [4.78, 5) is 14.0. The van der Waals surface area contributed by atoms with E-state index in [4.69, 9.17) is 4.74 Å². The summed E-state index contributed by atoms with van der Waals surface area (Å²) in [5, 5.41) is 3.61. The summed E-state index contributed by atoms with van der Waals surface area (Å²) >= 11 is 0. The summed E-state index contributed by atoms with van der Waals surface area (Å²) in [5.74, 6) is 1.33. The van der Waals surface area contributed by atoms with Crippen LogP contribution in [0.5, 0.6) is 0 Å². The molecule has 1 amide bonds. The second kappa shape index (κ2) is 8.76. The van der Waals surface area contributed by atoms with Crippen molar-refractivity contribution in [1.29, 1.82) is 0 Å². The molecule has 0 saturated carbocycles. The molecule has 1 aliphatic rings. The van der Waals surface area contributed by atoms with Gasteiger partial charge in [-0.25, -0.2) is 4.79 Å². The van der Waals surface area contributed by atoms with Gasteiger partial charge < -0.3 is 15.0 Å². The summed E-state index contributed by atoms with van der Waals surface area (Å²) in [7, 11) is 0.